The van der Waals surface area contributed by atoms with Gasteiger partial charge in [0.2, 0.25) is 0 Å². The normalized spacial score (nSPS) is 10.8. The summed E-state index contributed by atoms with van der Waals surface area (Å²) in [6.45, 7) is 0. The summed E-state index contributed by atoms with van der Waals surface area (Å²) >= 11 is 0. The van der Waals surface area contributed by atoms with Gasteiger partial charge in [0.15, 0.2) is 11.5 Å². The number of methoxy groups -OCH3 is 1. The van der Waals surface area contributed by atoms with E-state index in [1.807, 2.05) is 48.5 Å². The molecule has 2 N–H and O–H groups in total. The van der Waals surface area contributed by atoms with E-state index in [0.29, 0.717) is 11.3 Å². The van der Waals surface area contributed by atoms with Crippen molar-refractivity contribution in [2.75, 3.05) is 7.11 Å². The van der Waals surface area contributed by atoms with Crippen LogP contribution in [0.15, 0.2) is 78.9 Å². The van der Waals surface area contributed by atoms with Crippen LogP contribution in [0.3, 0.4) is 0 Å². The minimum Gasteiger partial charge on any atom is -0.504 e. The standard InChI is InChI=1S/C23H18O3/c1-26-20-14-13-19(24)23(25)22(20)18-12-6-10-16-9-5-11-17(21(16)18)15-7-3-2-4-8-15/h2-14,24-25H,1H3. The number of hydrogen-bond acceptors (Lipinski definition) is 3. The highest BCUT2D eigenvalue weighted by Crippen LogP contribution is 2.47. The summed E-state index contributed by atoms with van der Waals surface area (Å²) < 4.78 is 5.46. The first-order valence-electron chi connectivity index (χ1n) is 8.37. The van der Waals surface area contributed by atoms with E-state index in [-0.39, 0.29) is 11.5 Å². The molecule has 0 aliphatic heterocycles. The molecular formula is C23H18O3. The lowest BCUT2D eigenvalue weighted by Gasteiger charge is -2.16. The highest BCUT2D eigenvalue weighted by molar-refractivity contribution is 6.08. The number of phenolic OH excluding ortho intramolecular Hbond substituents is 2. The summed E-state index contributed by atoms with van der Waals surface area (Å²) in [7, 11) is 1.55. The second kappa shape index (κ2) is 6.45. The fourth-order valence-electron chi connectivity index (χ4n) is 3.40. The van der Waals surface area contributed by atoms with Gasteiger partial charge in [-0.15, -0.1) is 0 Å². The van der Waals surface area contributed by atoms with Gasteiger partial charge in [-0.2, -0.15) is 0 Å². The molecule has 0 aromatic heterocycles. The molecule has 3 heteroatoms. The number of rotatable bonds is 3. The monoisotopic (exact) mass is 342 g/mol. The Balaban J connectivity index is 2.12. The van der Waals surface area contributed by atoms with Crippen molar-refractivity contribution in [2.45, 2.75) is 0 Å². The van der Waals surface area contributed by atoms with E-state index in [1.165, 1.54) is 6.07 Å². The summed E-state index contributed by atoms with van der Waals surface area (Å²) in [6.07, 6.45) is 0. The van der Waals surface area contributed by atoms with Gasteiger partial charge in [-0.3, -0.25) is 0 Å². The van der Waals surface area contributed by atoms with Crippen molar-refractivity contribution in [3.63, 3.8) is 0 Å². The van der Waals surface area contributed by atoms with Gasteiger partial charge in [0.05, 0.1) is 12.7 Å². The smallest absolute Gasteiger partial charge is 0.169 e. The molecule has 0 saturated carbocycles. The van der Waals surface area contributed by atoms with Gasteiger partial charge in [-0.25, -0.2) is 0 Å². The number of aromatic hydroxyl groups is 2. The molecule has 4 rings (SSSR count). The summed E-state index contributed by atoms with van der Waals surface area (Å²) in [6, 6.07) is 25.2. The largest absolute Gasteiger partial charge is 0.504 e. The topological polar surface area (TPSA) is 49.7 Å². The number of fused-ring (bicyclic) bond motifs is 1. The van der Waals surface area contributed by atoms with Gasteiger partial charge in [-0.05, 0) is 39.6 Å². The van der Waals surface area contributed by atoms with Crippen molar-refractivity contribution < 1.29 is 14.9 Å². The average Bonchev–Trinajstić information content (AvgIpc) is 2.70. The predicted molar refractivity (Wildman–Crippen MR) is 105 cm³/mol. The Morgan fingerprint density at radius 3 is 2.08 bits per heavy atom. The van der Waals surface area contributed by atoms with Crippen molar-refractivity contribution in [1.82, 2.24) is 0 Å². The lowest BCUT2D eigenvalue weighted by molar-refractivity contribution is 0.389. The van der Waals surface area contributed by atoms with Gasteiger partial charge in [0.1, 0.15) is 5.75 Å². The minimum atomic E-state index is -0.181. The lowest BCUT2D eigenvalue weighted by Crippen LogP contribution is -1.91. The third-order valence-electron chi connectivity index (χ3n) is 4.60. The third kappa shape index (κ3) is 2.54. The Morgan fingerprint density at radius 1 is 0.692 bits per heavy atom. The van der Waals surface area contributed by atoms with Gasteiger partial charge in [0, 0.05) is 0 Å². The molecule has 0 spiro atoms. The van der Waals surface area contributed by atoms with Crippen LogP contribution in [0.25, 0.3) is 33.0 Å². The molecule has 0 saturated heterocycles. The number of ether oxygens (including phenoxy) is 1. The minimum absolute atomic E-state index is 0.171. The summed E-state index contributed by atoms with van der Waals surface area (Å²) in [5.74, 6) is 0.158. The molecule has 4 aromatic rings. The molecule has 3 nitrogen and oxygen atoms in total. The Kier molecular flexibility index (Phi) is 3.98. The Bertz CT molecular complexity index is 1080. The Labute approximate surface area is 151 Å². The second-order valence-corrected chi connectivity index (χ2v) is 6.09. The zero-order valence-corrected chi connectivity index (χ0v) is 14.3. The van der Waals surface area contributed by atoms with Crippen LogP contribution in [0.5, 0.6) is 17.2 Å². The van der Waals surface area contributed by atoms with Crippen LogP contribution in [-0.2, 0) is 0 Å². The number of phenols is 2. The van der Waals surface area contributed by atoms with Crippen molar-refractivity contribution in [1.29, 1.82) is 0 Å². The van der Waals surface area contributed by atoms with Crippen LogP contribution in [0.1, 0.15) is 0 Å². The van der Waals surface area contributed by atoms with Gasteiger partial charge < -0.3 is 14.9 Å². The molecule has 0 fully saturated rings. The van der Waals surface area contributed by atoms with Crippen molar-refractivity contribution >= 4 is 10.8 Å². The fourth-order valence-corrected chi connectivity index (χ4v) is 3.40. The molecule has 0 radical (unpaired) electrons. The van der Waals surface area contributed by atoms with Gasteiger partial charge >= 0.3 is 0 Å². The first-order chi connectivity index (χ1) is 12.7. The molecule has 0 aliphatic carbocycles. The molecule has 128 valence electrons. The Morgan fingerprint density at radius 2 is 1.38 bits per heavy atom. The maximum atomic E-state index is 10.6. The molecule has 0 atom stereocenters. The Hall–Kier alpha value is -3.46. The lowest BCUT2D eigenvalue weighted by atomic mass is 9.90. The van der Waals surface area contributed by atoms with E-state index >= 15 is 0 Å². The van der Waals surface area contributed by atoms with Crippen LogP contribution in [0, 0.1) is 0 Å². The van der Waals surface area contributed by atoms with E-state index < -0.39 is 0 Å². The fraction of sp³-hybridized carbons (Fsp3) is 0.0435. The van der Waals surface area contributed by atoms with E-state index in [2.05, 4.69) is 18.2 Å². The molecule has 0 heterocycles. The highest BCUT2D eigenvalue weighted by atomic mass is 16.5. The number of benzene rings is 4. The number of hydrogen-bond donors (Lipinski definition) is 2. The molecule has 0 unspecified atom stereocenters. The van der Waals surface area contributed by atoms with Crippen LogP contribution < -0.4 is 4.74 Å². The van der Waals surface area contributed by atoms with Gasteiger partial charge in [0.25, 0.3) is 0 Å². The maximum absolute atomic E-state index is 10.6. The predicted octanol–water partition coefficient (Wildman–Crippen LogP) is 5.59. The van der Waals surface area contributed by atoms with Crippen molar-refractivity contribution in [3.8, 4) is 39.5 Å². The SMILES string of the molecule is COc1ccc(O)c(O)c1-c1cccc2cccc(-c3ccccc3)c12. The second-order valence-electron chi connectivity index (χ2n) is 6.09. The molecule has 0 amide bonds. The molecule has 0 aliphatic rings. The first-order valence-corrected chi connectivity index (χ1v) is 8.37. The van der Waals surface area contributed by atoms with E-state index in [4.69, 9.17) is 4.74 Å². The highest BCUT2D eigenvalue weighted by Gasteiger charge is 2.19. The summed E-state index contributed by atoms with van der Waals surface area (Å²) in [5.41, 5.74) is 3.45. The first kappa shape index (κ1) is 16.0. The van der Waals surface area contributed by atoms with Crippen LogP contribution in [0.2, 0.25) is 0 Å². The molecular weight excluding hydrogens is 324 g/mol. The summed E-state index contributed by atoms with van der Waals surface area (Å²) in [4.78, 5) is 0. The molecule has 4 aromatic carbocycles. The third-order valence-corrected chi connectivity index (χ3v) is 4.60. The van der Waals surface area contributed by atoms with Gasteiger partial charge in [-0.1, -0.05) is 66.7 Å². The zero-order chi connectivity index (χ0) is 18.1. The molecule has 26 heavy (non-hydrogen) atoms. The van der Waals surface area contributed by atoms with Crippen molar-refractivity contribution in [2.24, 2.45) is 0 Å². The van der Waals surface area contributed by atoms with E-state index in [1.54, 1.807) is 13.2 Å². The quantitative estimate of drug-likeness (QED) is 0.477. The van der Waals surface area contributed by atoms with Crippen LogP contribution >= 0.6 is 0 Å². The van der Waals surface area contributed by atoms with Crippen LogP contribution in [-0.4, -0.2) is 17.3 Å². The summed E-state index contributed by atoms with van der Waals surface area (Å²) in [5, 5.41) is 22.6. The van der Waals surface area contributed by atoms with E-state index in [9.17, 15) is 10.2 Å². The van der Waals surface area contributed by atoms with E-state index in [0.717, 1.165) is 27.5 Å². The maximum Gasteiger partial charge on any atom is 0.169 e. The molecule has 0 bridgehead atoms. The van der Waals surface area contributed by atoms with Crippen molar-refractivity contribution in [3.05, 3.63) is 78.9 Å². The van der Waals surface area contributed by atoms with Crippen LogP contribution in [0.4, 0.5) is 0 Å². The zero-order valence-electron chi connectivity index (χ0n) is 14.3. The average molecular weight is 342 g/mol.